The summed E-state index contributed by atoms with van der Waals surface area (Å²) in [4.78, 5) is 0. The lowest BCUT2D eigenvalue weighted by Gasteiger charge is -2.22. The van der Waals surface area contributed by atoms with Crippen molar-refractivity contribution in [3.8, 4) is 5.75 Å². The van der Waals surface area contributed by atoms with Crippen molar-refractivity contribution >= 4 is 22.6 Å². The minimum absolute atomic E-state index is 0.131. The molecule has 2 rings (SSSR count). The molecule has 0 aromatic heterocycles. The Bertz CT molecular complexity index is 411. The molecule has 1 N–H and O–H groups in total. The van der Waals surface area contributed by atoms with Crippen molar-refractivity contribution < 1.29 is 9.13 Å². The predicted molar refractivity (Wildman–Crippen MR) is 80.0 cm³/mol. The van der Waals surface area contributed by atoms with Gasteiger partial charge in [-0.2, -0.15) is 0 Å². The summed E-state index contributed by atoms with van der Waals surface area (Å²) in [5.74, 6) is 1.26. The van der Waals surface area contributed by atoms with Crippen LogP contribution in [-0.2, 0) is 6.42 Å². The molecule has 0 saturated carbocycles. The molecule has 2 nitrogen and oxygen atoms in total. The highest BCUT2D eigenvalue weighted by atomic mass is 127. The largest absolute Gasteiger partial charge is 0.488 e. The Kier molecular flexibility index (Phi) is 4.84. The second-order valence-electron chi connectivity index (χ2n) is 5.11. The summed E-state index contributed by atoms with van der Waals surface area (Å²) in [7, 11) is 0. The minimum Gasteiger partial charge on any atom is -0.488 e. The lowest BCUT2D eigenvalue weighted by molar-refractivity contribution is 0.218. The van der Waals surface area contributed by atoms with E-state index < -0.39 is 0 Å². The molecule has 0 radical (unpaired) electrons. The Morgan fingerprint density at radius 3 is 2.94 bits per heavy atom. The molecule has 0 spiro atoms. The van der Waals surface area contributed by atoms with E-state index in [1.165, 1.54) is 6.07 Å². The van der Waals surface area contributed by atoms with Crippen molar-refractivity contribution in [2.75, 3.05) is 11.0 Å². The number of benzene rings is 1. The quantitative estimate of drug-likeness (QED) is 0.641. The average molecular weight is 363 g/mol. The standard InChI is InChI=1S/C14H19FINO/c1-9(2)13(7-16)17-8-12-6-10-5-11(15)3-4-14(10)18-12/h3-5,9,12-13,17H,6-8H2,1-2H3. The number of nitrogens with one attached hydrogen (secondary N) is 1. The summed E-state index contributed by atoms with van der Waals surface area (Å²) in [6.07, 6.45) is 0.928. The number of rotatable bonds is 5. The molecule has 0 saturated heterocycles. The molecule has 0 fully saturated rings. The van der Waals surface area contributed by atoms with Crippen LogP contribution in [0.15, 0.2) is 18.2 Å². The van der Waals surface area contributed by atoms with E-state index in [-0.39, 0.29) is 11.9 Å². The van der Waals surface area contributed by atoms with Crippen molar-refractivity contribution in [2.45, 2.75) is 32.4 Å². The molecule has 2 unspecified atom stereocenters. The summed E-state index contributed by atoms with van der Waals surface area (Å²) in [5, 5.41) is 3.53. The molecule has 18 heavy (non-hydrogen) atoms. The van der Waals surface area contributed by atoms with E-state index in [0.717, 1.165) is 28.7 Å². The zero-order valence-corrected chi connectivity index (χ0v) is 12.9. The van der Waals surface area contributed by atoms with Gasteiger partial charge in [-0.15, -0.1) is 0 Å². The summed E-state index contributed by atoms with van der Waals surface area (Å²) < 4.78 is 20.0. The summed E-state index contributed by atoms with van der Waals surface area (Å²) in [6.45, 7) is 5.26. The predicted octanol–water partition coefficient (Wildman–Crippen LogP) is 3.18. The fourth-order valence-electron chi connectivity index (χ4n) is 2.15. The second-order valence-corrected chi connectivity index (χ2v) is 5.99. The van der Waals surface area contributed by atoms with Gasteiger partial charge in [0.15, 0.2) is 0 Å². The minimum atomic E-state index is -0.182. The zero-order valence-electron chi connectivity index (χ0n) is 10.7. The number of halogens is 2. The highest BCUT2D eigenvalue weighted by Crippen LogP contribution is 2.29. The van der Waals surface area contributed by atoms with Crippen molar-refractivity contribution in [3.05, 3.63) is 29.6 Å². The molecule has 0 bridgehead atoms. The summed E-state index contributed by atoms with van der Waals surface area (Å²) >= 11 is 2.40. The van der Waals surface area contributed by atoms with Gasteiger partial charge < -0.3 is 10.1 Å². The van der Waals surface area contributed by atoms with Gasteiger partial charge in [-0.05, 0) is 24.1 Å². The van der Waals surface area contributed by atoms with Crippen LogP contribution in [0.25, 0.3) is 0 Å². The van der Waals surface area contributed by atoms with Crippen LogP contribution in [0.3, 0.4) is 0 Å². The first-order valence-electron chi connectivity index (χ1n) is 6.34. The maximum atomic E-state index is 13.1. The lowest BCUT2D eigenvalue weighted by Crippen LogP contribution is -2.41. The van der Waals surface area contributed by atoms with E-state index >= 15 is 0 Å². The Hall–Kier alpha value is -0.360. The van der Waals surface area contributed by atoms with Crippen LogP contribution in [-0.4, -0.2) is 23.1 Å². The summed E-state index contributed by atoms with van der Waals surface area (Å²) in [5.41, 5.74) is 0.984. The van der Waals surface area contributed by atoms with Crippen molar-refractivity contribution in [1.29, 1.82) is 0 Å². The molecule has 4 heteroatoms. The molecule has 1 aromatic rings. The van der Waals surface area contributed by atoms with Crippen LogP contribution >= 0.6 is 22.6 Å². The fraction of sp³-hybridized carbons (Fsp3) is 0.571. The highest BCUT2D eigenvalue weighted by Gasteiger charge is 2.24. The maximum Gasteiger partial charge on any atom is 0.123 e. The third-order valence-corrected chi connectivity index (χ3v) is 4.29. The van der Waals surface area contributed by atoms with Crippen LogP contribution < -0.4 is 10.1 Å². The Morgan fingerprint density at radius 1 is 1.50 bits per heavy atom. The SMILES string of the molecule is CC(C)C(CI)NCC1Cc2cc(F)ccc2O1. The lowest BCUT2D eigenvalue weighted by atomic mass is 10.1. The van der Waals surface area contributed by atoms with E-state index in [4.69, 9.17) is 4.74 Å². The van der Waals surface area contributed by atoms with E-state index in [1.54, 1.807) is 12.1 Å². The van der Waals surface area contributed by atoms with Crippen LogP contribution in [0.1, 0.15) is 19.4 Å². The molecular weight excluding hydrogens is 344 g/mol. The normalized spacial score (nSPS) is 19.7. The molecular formula is C14H19FINO. The van der Waals surface area contributed by atoms with Gasteiger partial charge in [-0.1, -0.05) is 36.4 Å². The topological polar surface area (TPSA) is 21.3 Å². The Morgan fingerprint density at radius 2 is 2.28 bits per heavy atom. The smallest absolute Gasteiger partial charge is 0.123 e. The monoisotopic (exact) mass is 363 g/mol. The number of hydrogen-bond acceptors (Lipinski definition) is 2. The second kappa shape index (κ2) is 6.19. The van der Waals surface area contributed by atoms with Crippen molar-refractivity contribution in [2.24, 2.45) is 5.92 Å². The molecule has 1 aliphatic heterocycles. The van der Waals surface area contributed by atoms with Crippen LogP contribution in [0.4, 0.5) is 4.39 Å². The van der Waals surface area contributed by atoms with Crippen LogP contribution in [0, 0.1) is 11.7 Å². The molecule has 0 aliphatic carbocycles. The average Bonchev–Trinajstić information content (AvgIpc) is 2.71. The number of hydrogen-bond donors (Lipinski definition) is 1. The van der Waals surface area contributed by atoms with Crippen molar-refractivity contribution in [1.82, 2.24) is 5.32 Å². The molecule has 1 heterocycles. The Balaban J connectivity index is 1.88. The van der Waals surface area contributed by atoms with Gasteiger partial charge in [0, 0.05) is 29.0 Å². The zero-order chi connectivity index (χ0) is 13.1. The van der Waals surface area contributed by atoms with Gasteiger partial charge in [0.1, 0.15) is 17.7 Å². The Labute approximate surface area is 121 Å². The number of fused-ring (bicyclic) bond motifs is 1. The number of ether oxygens (including phenoxy) is 1. The van der Waals surface area contributed by atoms with E-state index in [0.29, 0.717) is 12.0 Å². The third kappa shape index (κ3) is 3.35. The first kappa shape index (κ1) is 14.1. The first-order valence-corrected chi connectivity index (χ1v) is 7.87. The van der Waals surface area contributed by atoms with Crippen molar-refractivity contribution in [3.63, 3.8) is 0 Å². The molecule has 1 aromatic carbocycles. The maximum absolute atomic E-state index is 13.1. The summed E-state index contributed by atoms with van der Waals surface area (Å²) in [6, 6.07) is 5.27. The van der Waals surface area contributed by atoms with Gasteiger partial charge in [0.2, 0.25) is 0 Å². The first-order chi connectivity index (χ1) is 8.60. The van der Waals surface area contributed by atoms with Gasteiger partial charge in [-0.25, -0.2) is 4.39 Å². The third-order valence-electron chi connectivity index (χ3n) is 3.34. The van der Waals surface area contributed by atoms with Gasteiger partial charge in [0.25, 0.3) is 0 Å². The van der Waals surface area contributed by atoms with Gasteiger partial charge in [-0.3, -0.25) is 0 Å². The van der Waals surface area contributed by atoms with E-state index in [9.17, 15) is 4.39 Å². The van der Waals surface area contributed by atoms with E-state index in [2.05, 4.69) is 41.8 Å². The van der Waals surface area contributed by atoms with E-state index in [1.807, 2.05) is 0 Å². The fourth-order valence-corrected chi connectivity index (χ4v) is 3.48. The highest BCUT2D eigenvalue weighted by molar-refractivity contribution is 14.1. The van der Waals surface area contributed by atoms with Gasteiger partial charge in [0.05, 0.1) is 0 Å². The molecule has 100 valence electrons. The molecule has 1 aliphatic rings. The van der Waals surface area contributed by atoms with Crippen LogP contribution in [0.2, 0.25) is 0 Å². The molecule has 2 atom stereocenters. The van der Waals surface area contributed by atoms with Gasteiger partial charge >= 0.3 is 0 Å². The number of alkyl halides is 1. The van der Waals surface area contributed by atoms with Crippen LogP contribution in [0.5, 0.6) is 5.75 Å². The molecule has 0 amide bonds.